The molecule has 1 N–H and O–H groups in total. The number of nitrogens with one attached hydrogen (secondary N) is 1. The van der Waals surface area contributed by atoms with E-state index >= 15 is 0 Å². The molecule has 8 heteroatoms. The molecule has 0 radical (unpaired) electrons. The Kier molecular flexibility index (Phi) is 9.93. The molecule has 0 bridgehead atoms. The molecule has 1 amide bonds. The predicted molar refractivity (Wildman–Crippen MR) is 118 cm³/mol. The number of nitrogens with zero attached hydrogens (tertiary/aromatic N) is 3. The molecule has 1 atom stereocenters. The summed E-state index contributed by atoms with van der Waals surface area (Å²) in [5.41, 5.74) is -0.522. The van der Waals surface area contributed by atoms with E-state index in [0.717, 1.165) is 18.8 Å². The van der Waals surface area contributed by atoms with Gasteiger partial charge in [-0.05, 0) is 40.2 Å². The van der Waals surface area contributed by atoms with Gasteiger partial charge in [-0.15, -0.1) is 0 Å². The van der Waals surface area contributed by atoms with Crippen LogP contribution in [0, 0.1) is 5.92 Å². The summed E-state index contributed by atoms with van der Waals surface area (Å²) in [5.74, 6) is 1.33. The Morgan fingerprint density at radius 1 is 1.26 bits per heavy atom. The minimum Gasteiger partial charge on any atom is -0.460 e. The lowest BCUT2D eigenvalue weighted by molar-refractivity contribution is -0.155. The number of rotatable bonds is 11. The second kappa shape index (κ2) is 12.2. The summed E-state index contributed by atoms with van der Waals surface area (Å²) in [4.78, 5) is 30.4. The second-order valence-electron chi connectivity index (χ2n) is 9.82. The van der Waals surface area contributed by atoms with Crippen LogP contribution in [0.15, 0.2) is 4.52 Å². The Morgan fingerprint density at radius 3 is 2.61 bits per heavy atom. The van der Waals surface area contributed by atoms with Crippen molar-refractivity contribution >= 4 is 11.9 Å². The van der Waals surface area contributed by atoms with Crippen molar-refractivity contribution in [3.8, 4) is 0 Å². The van der Waals surface area contributed by atoms with E-state index in [2.05, 4.69) is 15.5 Å². The lowest BCUT2D eigenvalue weighted by atomic mass is 9.84. The van der Waals surface area contributed by atoms with Gasteiger partial charge < -0.3 is 14.6 Å². The Hall–Kier alpha value is -1.96. The lowest BCUT2D eigenvalue weighted by Gasteiger charge is -2.23. The van der Waals surface area contributed by atoms with Crippen molar-refractivity contribution in [2.75, 3.05) is 20.6 Å². The number of ether oxygens (including phenoxy) is 1. The van der Waals surface area contributed by atoms with Gasteiger partial charge in [0.25, 0.3) is 0 Å². The number of amides is 1. The molecule has 1 fully saturated rings. The number of aromatic nitrogens is 2. The highest BCUT2D eigenvalue weighted by Crippen LogP contribution is 2.31. The van der Waals surface area contributed by atoms with E-state index in [4.69, 9.17) is 9.26 Å². The molecule has 31 heavy (non-hydrogen) atoms. The zero-order chi connectivity index (χ0) is 22.9. The summed E-state index contributed by atoms with van der Waals surface area (Å²) < 4.78 is 11.1. The highest BCUT2D eigenvalue weighted by Gasteiger charge is 2.26. The summed E-state index contributed by atoms with van der Waals surface area (Å²) in [6.45, 7) is 6.27. The fraction of sp³-hybridized carbons (Fsp3) is 0.826. The van der Waals surface area contributed by atoms with Gasteiger partial charge in [-0.3, -0.25) is 14.5 Å². The first-order chi connectivity index (χ1) is 14.7. The SMILES string of the molecule is CNC(=O)CN(C)Cc1noc(C(CCCC2CCCCC2)CC(=O)OC(C)(C)C)n1. The fourth-order valence-electron chi connectivity index (χ4n) is 4.14. The van der Waals surface area contributed by atoms with Crippen molar-refractivity contribution < 1.29 is 18.8 Å². The molecule has 2 rings (SSSR count). The summed E-state index contributed by atoms with van der Waals surface area (Å²) in [7, 11) is 3.44. The monoisotopic (exact) mass is 436 g/mol. The smallest absolute Gasteiger partial charge is 0.307 e. The Balaban J connectivity index is 1.98. The van der Waals surface area contributed by atoms with Gasteiger partial charge in [-0.1, -0.05) is 50.1 Å². The molecule has 1 aliphatic rings. The van der Waals surface area contributed by atoms with E-state index < -0.39 is 5.60 Å². The molecule has 176 valence electrons. The van der Waals surface area contributed by atoms with Gasteiger partial charge >= 0.3 is 5.97 Å². The third kappa shape index (κ3) is 9.80. The highest BCUT2D eigenvalue weighted by molar-refractivity contribution is 5.77. The van der Waals surface area contributed by atoms with Gasteiger partial charge in [0, 0.05) is 13.0 Å². The molecule has 1 aliphatic carbocycles. The highest BCUT2D eigenvalue weighted by atomic mass is 16.6. The van der Waals surface area contributed by atoms with Crippen LogP contribution in [0.1, 0.15) is 96.2 Å². The Labute approximate surface area is 186 Å². The zero-order valence-electron chi connectivity index (χ0n) is 19.9. The summed E-state index contributed by atoms with van der Waals surface area (Å²) in [5, 5.41) is 6.68. The van der Waals surface area contributed by atoms with Crippen LogP contribution < -0.4 is 5.32 Å². The number of carbonyl (C=O) groups excluding carboxylic acids is 2. The quantitative estimate of drug-likeness (QED) is 0.527. The molecular formula is C23H40N4O4. The van der Waals surface area contributed by atoms with Crippen LogP contribution in [0.2, 0.25) is 0 Å². The van der Waals surface area contributed by atoms with E-state index in [9.17, 15) is 9.59 Å². The average molecular weight is 437 g/mol. The van der Waals surface area contributed by atoms with Crippen LogP contribution in [0.4, 0.5) is 0 Å². The van der Waals surface area contributed by atoms with Crippen molar-refractivity contribution in [3.63, 3.8) is 0 Å². The summed E-state index contributed by atoms with van der Waals surface area (Å²) >= 11 is 0. The normalized spacial score (nSPS) is 16.3. The van der Waals surface area contributed by atoms with E-state index in [1.165, 1.54) is 38.5 Å². The molecule has 0 aliphatic heterocycles. The molecule has 1 heterocycles. The molecule has 8 nitrogen and oxygen atoms in total. The third-order valence-electron chi connectivity index (χ3n) is 5.66. The van der Waals surface area contributed by atoms with Gasteiger partial charge in [0.1, 0.15) is 5.60 Å². The van der Waals surface area contributed by atoms with Crippen LogP contribution in [0.25, 0.3) is 0 Å². The van der Waals surface area contributed by atoms with Crippen molar-refractivity contribution in [1.29, 1.82) is 0 Å². The standard InChI is InChI=1S/C23H40N4O4/c1-23(2,3)30-21(29)14-18(13-9-12-17-10-7-6-8-11-17)22-25-19(26-31-22)15-27(5)16-20(28)24-4/h17-18H,6-16H2,1-5H3,(H,24,28). The number of likely N-dealkylation sites (N-methyl/N-ethyl adjacent to an activating group) is 2. The second-order valence-corrected chi connectivity index (χ2v) is 9.82. The van der Waals surface area contributed by atoms with Gasteiger partial charge in [0.2, 0.25) is 11.8 Å². The third-order valence-corrected chi connectivity index (χ3v) is 5.66. The van der Waals surface area contributed by atoms with Crippen LogP contribution in [-0.4, -0.2) is 53.2 Å². The minimum atomic E-state index is -0.522. The predicted octanol–water partition coefficient (Wildman–Crippen LogP) is 3.81. The number of hydrogen-bond acceptors (Lipinski definition) is 7. The summed E-state index contributed by atoms with van der Waals surface area (Å²) in [6.07, 6.45) is 9.94. The maximum Gasteiger partial charge on any atom is 0.307 e. The molecular weight excluding hydrogens is 396 g/mol. The van der Waals surface area contributed by atoms with E-state index in [1.807, 2.05) is 32.7 Å². The van der Waals surface area contributed by atoms with Crippen molar-refractivity contribution in [1.82, 2.24) is 20.4 Å². The topological polar surface area (TPSA) is 97.6 Å². The number of carbonyl (C=O) groups is 2. The molecule has 0 spiro atoms. The van der Waals surface area contributed by atoms with Crippen LogP contribution in [0.3, 0.4) is 0 Å². The Bertz CT molecular complexity index is 692. The molecule has 0 aromatic carbocycles. The molecule has 1 saturated carbocycles. The zero-order valence-corrected chi connectivity index (χ0v) is 19.9. The molecule has 1 aromatic heterocycles. The maximum atomic E-state index is 12.5. The van der Waals surface area contributed by atoms with Crippen molar-refractivity contribution in [2.45, 2.75) is 96.6 Å². The van der Waals surface area contributed by atoms with Crippen LogP contribution >= 0.6 is 0 Å². The van der Waals surface area contributed by atoms with Gasteiger partial charge in [-0.25, -0.2) is 0 Å². The Morgan fingerprint density at radius 2 is 1.97 bits per heavy atom. The molecule has 1 unspecified atom stereocenters. The first kappa shape index (κ1) is 25.3. The van der Waals surface area contributed by atoms with Gasteiger partial charge in [0.05, 0.1) is 19.5 Å². The van der Waals surface area contributed by atoms with Gasteiger partial charge in [-0.2, -0.15) is 4.98 Å². The minimum absolute atomic E-state index is 0.0725. The van der Waals surface area contributed by atoms with Gasteiger partial charge in [0.15, 0.2) is 5.82 Å². The van der Waals surface area contributed by atoms with Crippen LogP contribution in [0.5, 0.6) is 0 Å². The number of esters is 1. The largest absolute Gasteiger partial charge is 0.460 e. The van der Waals surface area contributed by atoms with E-state index in [-0.39, 0.29) is 30.8 Å². The maximum absolute atomic E-state index is 12.5. The lowest BCUT2D eigenvalue weighted by Crippen LogP contribution is -2.32. The van der Waals surface area contributed by atoms with Crippen molar-refractivity contribution in [2.24, 2.45) is 5.92 Å². The van der Waals surface area contributed by atoms with Crippen molar-refractivity contribution in [3.05, 3.63) is 11.7 Å². The first-order valence-electron chi connectivity index (χ1n) is 11.6. The number of hydrogen-bond donors (Lipinski definition) is 1. The fourth-order valence-corrected chi connectivity index (χ4v) is 4.14. The first-order valence-corrected chi connectivity index (χ1v) is 11.6. The van der Waals surface area contributed by atoms with E-state index in [1.54, 1.807) is 7.05 Å². The molecule has 1 aromatic rings. The average Bonchev–Trinajstić information content (AvgIpc) is 3.14. The summed E-state index contributed by atoms with van der Waals surface area (Å²) in [6, 6.07) is 0. The van der Waals surface area contributed by atoms with E-state index in [0.29, 0.717) is 18.3 Å². The molecule has 0 saturated heterocycles. The van der Waals surface area contributed by atoms with Crippen LogP contribution in [-0.2, 0) is 20.9 Å².